The first-order chi connectivity index (χ1) is 15.5. The molecular weight excluding hydrogens is 468 g/mol. The molecule has 11 heteroatoms. The van der Waals surface area contributed by atoms with Crippen molar-refractivity contribution in [3.05, 3.63) is 54.7 Å². The van der Waals surface area contributed by atoms with E-state index in [0.717, 1.165) is 46.7 Å². The van der Waals surface area contributed by atoms with Gasteiger partial charge in [0.05, 0.1) is 24.6 Å². The van der Waals surface area contributed by atoms with Gasteiger partial charge in [0.25, 0.3) is 0 Å². The molecule has 1 N–H and O–H groups in total. The van der Waals surface area contributed by atoms with Gasteiger partial charge in [-0.2, -0.15) is 4.98 Å². The summed E-state index contributed by atoms with van der Waals surface area (Å²) in [6.45, 7) is 4.24. The van der Waals surface area contributed by atoms with Gasteiger partial charge in [-0.15, -0.1) is 11.3 Å². The smallest absolute Gasteiger partial charge is 0.350 e. The lowest BCUT2D eigenvalue weighted by Gasteiger charge is -2.13. The summed E-state index contributed by atoms with van der Waals surface area (Å²) in [5, 5.41) is 5.70. The third-order valence-corrected chi connectivity index (χ3v) is 7.87. The number of ether oxygens (including phenoxy) is 1. The van der Waals surface area contributed by atoms with Crippen LogP contribution in [-0.4, -0.2) is 38.8 Å². The molecule has 32 heavy (non-hydrogen) atoms. The van der Waals surface area contributed by atoms with Crippen LogP contribution in [0.2, 0.25) is 0 Å². The van der Waals surface area contributed by atoms with Crippen LogP contribution in [0.25, 0.3) is 0 Å². The number of aryl methyl sites for hydroxylation is 1. The van der Waals surface area contributed by atoms with E-state index in [1.54, 1.807) is 29.8 Å². The maximum absolute atomic E-state index is 12.7. The summed E-state index contributed by atoms with van der Waals surface area (Å²) in [4.78, 5) is 47.1. The lowest BCUT2D eigenvalue weighted by Crippen LogP contribution is -2.27. The van der Waals surface area contributed by atoms with Gasteiger partial charge in [0.15, 0.2) is 5.13 Å². The maximum atomic E-state index is 12.7. The number of hydrogen-bond donors (Lipinski definition) is 1. The number of nitrogens with one attached hydrogen (secondary N) is 1. The van der Waals surface area contributed by atoms with Crippen LogP contribution < -0.4 is 11.0 Å². The Labute approximate surface area is 197 Å². The first kappa shape index (κ1) is 22.7. The summed E-state index contributed by atoms with van der Waals surface area (Å²) < 4.78 is 6.76. The van der Waals surface area contributed by atoms with E-state index in [1.165, 1.54) is 11.8 Å². The van der Waals surface area contributed by atoms with Crippen molar-refractivity contribution in [3.63, 3.8) is 0 Å². The third kappa shape index (κ3) is 4.94. The minimum absolute atomic E-state index is 0.0984. The quantitative estimate of drug-likeness (QED) is 0.293. The number of esters is 1. The van der Waals surface area contributed by atoms with Crippen molar-refractivity contribution in [1.29, 1.82) is 0 Å². The number of rotatable bonds is 8. The van der Waals surface area contributed by atoms with Gasteiger partial charge in [0.2, 0.25) is 5.91 Å². The van der Waals surface area contributed by atoms with Crippen molar-refractivity contribution in [2.75, 3.05) is 17.7 Å². The Balaban J connectivity index is 1.44. The Morgan fingerprint density at radius 3 is 2.91 bits per heavy atom. The molecule has 4 rings (SSSR count). The van der Waals surface area contributed by atoms with Crippen LogP contribution in [0.15, 0.2) is 27.3 Å². The Morgan fingerprint density at radius 1 is 1.31 bits per heavy atom. The monoisotopic (exact) mass is 490 g/mol. The summed E-state index contributed by atoms with van der Waals surface area (Å²) >= 11 is 3.97. The maximum Gasteiger partial charge on any atom is 0.350 e. The molecule has 168 valence electrons. The number of thioether (sulfide) groups is 1. The van der Waals surface area contributed by atoms with E-state index in [4.69, 9.17) is 4.74 Å². The molecule has 8 nitrogen and oxygen atoms in total. The molecule has 0 aromatic carbocycles. The van der Waals surface area contributed by atoms with Gasteiger partial charge < -0.3 is 10.1 Å². The summed E-state index contributed by atoms with van der Waals surface area (Å²) in [5.41, 5.74) is 2.33. The summed E-state index contributed by atoms with van der Waals surface area (Å²) in [7, 11) is 0. The molecule has 3 aromatic heterocycles. The van der Waals surface area contributed by atoms with Crippen LogP contribution in [-0.2, 0) is 28.9 Å². The molecular formula is C21H22N4O4S3. The zero-order valence-corrected chi connectivity index (χ0v) is 20.1. The second-order valence-electron chi connectivity index (χ2n) is 7.13. The average molecular weight is 491 g/mol. The van der Waals surface area contributed by atoms with Crippen LogP contribution >= 0.6 is 34.4 Å². The summed E-state index contributed by atoms with van der Waals surface area (Å²) in [6, 6.07) is 3.99. The number of carbonyl (C=O) groups is 2. The number of anilines is 1. The molecule has 3 heterocycles. The fraction of sp³-hybridized carbons (Fsp3) is 0.381. The van der Waals surface area contributed by atoms with E-state index in [2.05, 4.69) is 15.3 Å². The SMILES string of the molecule is CCOC(=O)c1sc(NC(=O)CSc2nc(=O)n(Cc3cccs3)c3c2CCC3)nc1C. The Kier molecular flexibility index (Phi) is 7.07. The van der Waals surface area contributed by atoms with Crippen molar-refractivity contribution in [2.24, 2.45) is 0 Å². The van der Waals surface area contributed by atoms with E-state index in [9.17, 15) is 14.4 Å². The molecule has 0 saturated carbocycles. The number of fused-ring (bicyclic) bond motifs is 1. The second-order valence-corrected chi connectivity index (χ2v) is 10.1. The predicted molar refractivity (Wildman–Crippen MR) is 126 cm³/mol. The molecule has 0 radical (unpaired) electrons. The Morgan fingerprint density at radius 2 is 2.16 bits per heavy atom. The molecule has 0 unspecified atom stereocenters. The highest BCUT2D eigenvalue weighted by Crippen LogP contribution is 2.30. The zero-order valence-electron chi connectivity index (χ0n) is 17.7. The van der Waals surface area contributed by atoms with Gasteiger partial charge in [0, 0.05) is 16.1 Å². The van der Waals surface area contributed by atoms with Crippen LogP contribution in [0.4, 0.5) is 5.13 Å². The van der Waals surface area contributed by atoms with E-state index >= 15 is 0 Å². The van der Waals surface area contributed by atoms with Crippen molar-refractivity contribution >= 4 is 51.4 Å². The molecule has 0 atom stereocenters. The van der Waals surface area contributed by atoms with Gasteiger partial charge in [0.1, 0.15) is 9.90 Å². The van der Waals surface area contributed by atoms with Crippen LogP contribution in [0.3, 0.4) is 0 Å². The summed E-state index contributed by atoms with van der Waals surface area (Å²) in [6.07, 6.45) is 2.67. The molecule has 0 saturated heterocycles. The highest BCUT2D eigenvalue weighted by Gasteiger charge is 2.23. The number of thiazole rings is 1. The zero-order chi connectivity index (χ0) is 22.7. The van der Waals surface area contributed by atoms with Gasteiger partial charge in [-0.25, -0.2) is 14.6 Å². The van der Waals surface area contributed by atoms with Gasteiger partial charge in [-0.05, 0) is 44.6 Å². The van der Waals surface area contributed by atoms with E-state index in [0.29, 0.717) is 27.3 Å². The number of thiophene rings is 1. The molecule has 1 aliphatic rings. The van der Waals surface area contributed by atoms with Gasteiger partial charge >= 0.3 is 11.7 Å². The van der Waals surface area contributed by atoms with Crippen molar-refractivity contribution in [2.45, 2.75) is 44.7 Å². The first-order valence-electron chi connectivity index (χ1n) is 10.2. The van der Waals surface area contributed by atoms with Crippen molar-refractivity contribution < 1.29 is 14.3 Å². The highest BCUT2D eigenvalue weighted by atomic mass is 32.2. The second kappa shape index (κ2) is 9.97. The Bertz CT molecular complexity index is 1200. The van der Waals surface area contributed by atoms with Gasteiger partial charge in [-0.3, -0.25) is 9.36 Å². The average Bonchev–Trinajstić information content (AvgIpc) is 3.50. The van der Waals surface area contributed by atoms with Crippen LogP contribution in [0, 0.1) is 6.92 Å². The highest BCUT2D eigenvalue weighted by molar-refractivity contribution is 8.00. The largest absolute Gasteiger partial charge is 0.462 e. The van der Waals surface area contributed by atoms with E-state index in [-0.39, 0.29) is 24.0 Å². The van der Waals surface area contributed by atoms with Crippen LogP contribution in [0.5, 0.6) is 0 Å². The third-order valence-electron chi connectivity index (χ3n) is 4.94. The topological polar surface area (TPSA) is 103 Å². The summed E-state index contributed by atoms with van der Waals surface area (Å²) in [5.74, 6) is -0.614. The van der Waals surface area contributed by atoms with Crippen molar-refractivity contribution in [1.82, 2.24) is 14.5 Å². The normalized spacial score (nSPS) is 12.6. The molecule has 0 aliphatic heterocycles. The molecule has 0 bridgehead atoms. The van der Waals surface area contributed by atoms with Gasteiger partial charge in [-0.1, -0.05) is 29.2 Å². The van der Waals surface area contributed by atoms with E-state index in [1.807, 2.05) is 17.5 Å². The number of carbonyl (C=O) groups excluding carboxylic acids is 2. The lowest BCUT2D eigenvalue weighted by atomic mass is 10.2. The molecule has 0 spiro atoms. The number of amides is 1. The molecule has 1 amide bonds. The predicted octanol–water partition coefficient (Wildman–Crippen LogP) is 3.51. The minimum atomic E-state index is -0.444. The fourth-order valence-corrected chi connectivity index (χ4v) is 6.00. The van der Waals surface area contributed by atoms with Crippen molar-refractivity contribution in [3.8, 4) is 0 Å². The fourth-order valence-electron chi connectivity index (χ4n) is 3.55. The molecule has 3 aromatic rings. The lowest BCUT2D eigenvalue weighted by molar-refractivity contribution is -0.113. The van der Waals surface area contributed by atoms with E-state index < -0.39 is 5.97 Å². The number of nitrogens with zero attached hydrogens (tertiary/aromatic N) is 3. The Hall–Kier alpha value is -2.50. The number of hydrogen-bond acceptors (Lipinski definition) is 9. The number of aromatic nitrogens is 3. The van der Waals surface area contributed by atoms with Crippen LogP contribution in [0.1, 0.15) is 44.8 Å². The molecule has 0 fully saturated rings. The standard InChI is InChI=1S/C21H22N4O4S3/c1-3-29-19(27)17-12(2)22-20(32-17)23-16(26)11-31-18-14-7-4-8-15(14)25(21(28)24-18)10-13-6-5-9-30-13/h5-6,9H,3-4,7-8,10-11H2,1-2H3,(H,22,23,26). The minimum Gasteiger partial charge on any atom is -0.462 e. The first-order valence-corrected chi connectivity index (χ1v) is 12.9. The molecule has 1 aliphatic carbocycles.